The Morgan fingerprint density at radius 2 is 2.04 bits per heavy atom. The third kappa shape index (κ3) is 3.85. The molecule has 0 aliphatic carbocycles. The average molecular weight is 414 g/mol. The van der Waals surface area contributed by atoms with Crippen LogP contribution in [-0.2, 0) is 11.2 Å². The fourth-order valence-electron chi connectivity index (χ4n) is 3.01. The lowest BCUT2D eigenvalue weighted by molar-refractivity contribution is -0.139. The number of aliphatic carboxylic acids is 1. The second-order valence-corrected chi connectivity index (χ2v) is 7.92. The number of H-pyrrole nitrogens is 1. The summed E-state index contributed by atoms with van der Waals surface area (Å²) in [6, 6.07) is 13.7. The van der Waals surface area contributed by atoms with Crippen molar-refractivity contribution in [1.29, 1.82) is 0 Å². The van der Waals surface area contributed by atoms with Crippen LogP contribution in [0.4, 0.5) is 0 Å². The van der Waals surface area contributed by atoms with Gasteiger partial charge in [0.1, 0.15) is 11.9 Å². The van der Waals surface area contributed by atoms with Gasteiger partial charge in [-0.25, -0.2) is 9.78 Å². The molecule has 0 radical (unpaired) electrons. The first-order chi connectivity index (χ1) is 13.5. The second kappa shape index (κ2) is 7.61. The molecule has 3 N–H and O–H groups in total. The standard InChI is InChI=1S/C20H16ClN3O3S/c21-12-5-6-13-15(10-12)23-18(22-13)8-7-14(20(26)27)24-19(25)17-9-11-3-1-2-4-16(11)28-17/h1-6,9-10,14H,7-8H2,(H,22,23)(H,24,25)(H,26,27)/t14-/m1/s1. The summed E-state index contributed by atoms with van der Waals surface area (Å²) in [6.07, 6.45) is 0.607. The van der Waals surface area contributed by atoms with Crippen LogP contribution in [0.15, 0.2) is 48.5 Å². The monoisotopic (exact) mass is 413 g/mol. The number of fused-ring (bicyclic) bond motifs is 2. The van der Waals surface area contributed by atoms with Crippen molar-refractivity contribution in [2.75, 3.05) is 0 Å². The van der Waals surface area contributed by atoms with Gasteiger partial charge in [-0.15, -0.1) is 11.3 Å². The van der Waals surface area contributed by atoms with E-state index < -0.39 is 12.0 Å². The van der Waals surface area contributed by atoms with Crippen molar-refractivity contribution in [3.05, 3.63) is 64.3 Å². The summed E-state index contributed by atoms with van der Waals surface area (Å²) in [7, 11) is 0. The van der Waals surface area contributed by atoms with E-state index in [-0.39, 0.29) is 12.3 Å². The van der Waals surface area contributed by atoms with Crippen LogP contribution in [0.2, 0.25) is 5.02 Å². The highest BCUT2D eigenvalue weighted by molar-refractivity contribution is 7.20. The highest BCUT2D eigenvalue weighted by Gasteiger charge is 2.22. The van der Waals surface area contributed by atoms with Crippen LogP contribution in [0, 0.1) is 0 Å². The Hall–Kier alpha value is -2.90. The third-order valence-corrected chi connectivity index (χ3v) is 5.77. The predicted molar refractivity (Wildman–Crippen MR) is 110 cm³/mol. The molecule has 2 aromatic heterocycles. The summed E-state index contributed by atoms with van der Waals surface area (Å²) in [5.41, 5.74) is 1.56. The summed E-state index contributed by atoms with van der Waals surface area (Å²) in [5.74, 6) is -0.807. The van der Waals surface area contributed by atoms with Gasteiger partial charge in [0.25, 0.3) is 5.91 Å². The molecule has 1 atom stereocenters. The number of carboxylic acid groups (broad SMARTS) is 1. The molecule has 6 nitrogen and oxygen atoms in total. The Kier molecular flexibility index (Phi) is 5.02. The van der Waals surface area contributed by atoms with E-state index in [1.807, 2.05) is 24.3 Å². The molecule has 0 fully saturated rings. The van der Waals surface area contributed by atoms with E-state index in [2.05, 4.69) is 15.3 Å². The number of hydrogen-bond donors (Lipinski definition) is 3. The van der Waals surface area contributed by atoms with E-state index in [0.717, 1.165) is 21.1 Å². The van der Waals surface area contributed by atoms with Gasteiger partial charge in [0, 0.05) is 16.1 Å². The Morgan fingerprint density at radius 3 is 2.82 bits per heavy atom. The summed E-state index contributed by atoms with van der Waals surface area (Å²) >= 11 is 7.31. The fourth-order valence-corrected chi connectivity index (χ4v) is 4.15. The van der Waals surface area contributed by atoms with Crippen LogP contribution >= 0.6 is 22.9 Å². The molecule has 2 aromatic carbocycles. The van der Waals surface area contributed by atoms with Crippen molar-refractivity contribution in [3.63, 3.8) is 0 Å². The lowest BCUT2D eigenvalue weighted by atomic mass is 10.1. The van der Waals surface area contributed by atoms with Crippen molar-refractivity contribution < 1.29 is 14.7 Å². The normalized spacial score (nSPS) is 12.3. The molecule has 0 bridgehead atoms. The Balaban J connectivity index is 1.45. The number of carbonyl (C=O) groups is 2. The highest BCUT2D eigenvalue weighted by atomic mass is 35.5. The van der Waals surface area contributed by atoms with E-state index in [1.54, 1.807) is 24.3 Å². The maximum absolute atomic E-state index is 12.5. The number of aromatic amines is 1. The van der Waals surface area contributed by atoms with Gasteiger partial charge in [-0.2, -0.15) is 0 Å². The number of aryl methyl sites for hydroxylation is 1. The number of aromatic nitrogens is 2. The van der Waals surface area contributed by atoms with Crippen LogP contribution in [0.3, 0.4) is 0 Å². The van der Waals surface area contributed by atoms with Crippen molar-refractivity contribution in [3.8, 4) is 0 Å². The molecule has 0 aliphatic rings. The van der Waals surface area contributed by atoms with Gasteiger partial charge >= 0.3 is 5.97 Å². The molecule has 142 valence electrons. The van der Waals surface area contributed by atoms with E-state index in [4.69, 9.17) is 11.6 Å². The molecule has 0 spiro atoms. The number of nitrogens with zero attached hydrogens (tertiary/aromatic N) is 1. The predicted octanol–water partition coefficient (Wildman–Crippen LogP) is 4.25. The number of nitrogens with one attached hydrogen (secondary N) is 2. The zero-order chi connectivity index (χ0) is 19.7. The maximum Gasteiger partial charge on any atom is 0.326 e. The summed E-state index contributed by atoms with van der Waals surface area (Å²) in [6.45, 7) is 0. The van der Waals surface area contributed by atoms with Crippen LogP contribution in [0.5, 0.6) is 0 Å². The first kappa shape index (κ1) is 18.5. The molecule has 0 saturated carbocycles. The minimum absolute atomic E-state index is 0.222. The number of carboxylic acids is 1. The van der Waals surface area contributed by atoms with Crippen LogP contribution in [0.25, 0.3) is 21.1 Å². The number of hydrogen-bond acceptors (Lipinski definition) is 4. The number of carbonyl (C=O) groups excluding carboxylic acids is 1. The van der Waals surface area contributed by atoms with E-state index >= 15 is 0 Å². The van der Waals surface area contributed by atoms with Gasteiger partial charge in [0.05, 0.1) is 15.9 Å². The molecular weight excluding hydrogens is 398 g/mol. The Bertz CT molecular complexity index is 1150. The van der Waals surface area contributed by atoms with Crippen LogP contribution < -0.4 is 5.32 Å². The van der Waals surface area contributed by atoms with Crippen molar-refractivity contribution in [1.82, 2.24) is 15.3 Å². The molecule has 0 aliphatic heterocycles. The van der Waals surface area contributed by atoms with E-state index in [0.29, 0.717) is 22.1 Å². The highest BCUT2D eigenvalue weighted by Crippen LogP contribution is 2.25. The van der Waals surface area contributed by atoms with Gasteiger partial charge in [0.15, 0.2) is 0 Å². The molecule has 0 unspecified atom stereocenters. The largest absolute Gasteiger partial charge is 0.480 e. The van der Waals surface area contributed by atoms with E-state index in [1.165, 1.54) is 11.3 Å². The minimum Gasteiger partial charge on any atom is -0.480 e. The lowest BCUT2D eigenvalue weighted by Crippen LogP contribution is -2.40. The SMILES string of the molecule is O=C(N[C@H](CCc1nc2ccc(Cl)cc2[nH]1)C(=O)O)c1cc2ccccc2s1. The molecule has 2 heterocycles. The molecule has 4 rings (SSSR count). The van der Waals surface area contributed by atoms with Crippen molar-refractivity contribution >= 4 is 55.9 Å². The summed E-state index contributed by atoms with van der Waals surface area (Å²) in [5, 5.41) is 13.7. The topological polar surface area (TPSA) is 95.1 Å². The molecule has 0 saturated heterocycles. The van der Waals surface area contributed by atoms with Gasteiger partial charge in [-0.3, -0.25) is 4.79 Å². The van der Waals surface area contributed by atoms with Crippen molar-refractivity contribution in [2.24, 2.45) is 0 Å². The van der Waals surface area contributed by atoms with Gasteiger partial charge in [-0.1, -0.05) is 29.8 Å². The van der Waals surface area contributed by atoms with Gasteiger partial charge in [0.2, 0.25) is 0 Å². The van der Waals surface area contributed by atoms with Gasteiger partial charge < -0.3 is 15.4 Å². The third-order valence-electron chi connectivity index (χ3n) is 4.42. The Labute approximate surface area is 169 Å². The fraction of sp³-hybridized carbons (Fsp3) is 0.150. The quantitative estimate of drug-likeness (QED) is 0.440. The zero-order valence-corrected chi connectivity index (χ0v) is 16.2. The number of benzene rings is 2. The average Bonchev–Trinajstić information content (AvgIpc) is 3.27. The van der Waals surface area contributed by atoms with Gasteiger partial charge in [-0.05, 0) is 42.1 Å². The number of rotatable bonds is 6. The number of amides is 1. The summed E-state index contributed by atoms with van der Waals surface area (Å²) < 4.78 is 0.987. The molecule has 28 heavy (non-hydrogen) atoms. The van der Waals surface area contributed by atoms with Crippen molar-refractivity contribution in [2.45, 2.75) is 18.9 Å². The Morgan fingerprint density at radius 1 is 1.21 bits per heavy atom. The maximum atomic E-state index is 12.5. The first-order valence-corrected chi connectivity index (χ1v) is 9.85. The van der Waals surface area contributed by atoms with E-state index in [9.17, 15) is 14.7 Å². The molecule has 4 aromatic rings. The first-order valence-electron chi connectivity index (χ1n) is 8.66. The summed E-state index contributed by atoms with van der Waals surface area (Å²) in [4.78, 5) is 32.2. The van der Waals surface area contributed by atoms with Crippen LogP contribution in [-0.4, -0.2) is 33.0 Å². The smallest absolute Gasteiger partial charge is 0.326 e. The number of thiophene rings is 1. The number of halogens is 1. The zero-order valence-electron chi connectivity index (χ0n) is 14.6. The molecule has 8 heteroatoms. The minimum atomic E-state index is -1.08. The second-order valence-electron chi connectivity index (χ2n) is 6.40. The van der Waals surface area contributed by atoms with Crippen LogP contribution in [0.1, 0.15) is 21.9 Å². The molecular formula is C20H16ClN3O3S. The molecule has 1 amide bonds. The number of imidazole rings is 1. The lowest BCUT2D eigenvalue weighted by Gasteiger charge is -2.13.